The summed E-state index contributed by atoms with van der Waals surface area (Å²) in [6.07, 6.45) is 4.98. The van der Waals surface area contributed by atoms with Gasteiger partial charge in [-0.15, -0.1) is 0 Å². The molecule has 8 atom stereocenters. The molecule has 4 aliphatic carbocycles. The van der Waals surface area contributed by atoms with E-state index in [2.05, 4.69) is 57.5 Å². The molecule has 0 heterocycles. The number of fused-ring (bicyclic) bond motifs is 4. The zero-order valence-corrected chi connectivity index (χ0v) is 23.1. The van der Waals surface area contributed by atoms with E-state index in [1.807, 2.05) is 0 Å². The summed E-state index contributed by atoms with van der Waals surface area (Å²) in [5, 5.41) is 26.9. The summed E-state index contributed by atoms with van der Waals surface area (Å²) >= 11 is 3.12. The van der Waals surface area contributed by atoms with E-state index in [4.69, 9.17) is 19.7 Å². The maximum atomic E-state index is 11.7. The largest absolute Gasteiger partial charge is 0.461 e. The molecule has 0 aliphatic heterocycles. The predicted octanol–water partition coefficient (Wildman–Crippen LogP) is 3.60. The molecular weight excluding hydrogens is 504 g/mol. The number of hydrogen-bond donors (Lipinski definition) is 3. The number of esters is 2. The van der Waals surface area contributed by atoms with Crippen molar-refractivity contribution in [2.45, 2.75) is 103 Å². The van der Waals surface area contributed by atoms with Crippen LogP contribution in [0.4, 0.5) is 0 Å². The summed E-state index contributed by atoms with van der Waals surface area (Å²) in [6.45, 7) is 12.7. The molecule has 7 nitrogen and oxygen atoms in total. The van der Waals surface area contributed by atoms with E-state index in [1.54, 1.807) is 0 Å². The number of carbonyl (C=O) groups excluding carboxylic acids is 2. The molecule has 8 heteroatoms. The molecule has 4 bridgehead atoms. The van der Waals surface area contributed by atoms with Crippen LogP contribution in [-0.2, 0) is 19.1 Å². The molecule has 0 spiro atoms. The number of ether oxygens (including phenoxy) is 2. The second kappa shape index (κ2) is 9.64. The lowest BCUT2D eigenvalue weighted by molar-refractivity contribution is -0.168. The van der Waals surface area contributed by atoms with Gasteiger partial charge in [0.15, 0.2) is 6.10 Å². The highest BCUT2D eigenvalue weighted by molar-refractivity contribution is 9.10. The van der Waals surface area contributed by atoms with Crippen LogP contribution in [0.15, 0.2) is 0 Å². The fourth-order valence-corrected chi connectivity index (χ4v) is 7.31. The Bertz CT molecular complexity index is 719. The van der Waals surface area contributed by atoms with Crippen molar-refractivity contribution in [2.24, 2.45) is 33.5 Å². The molecule has 0 radical (unpaired) electrons. The minimum atomic E-state index is -1.40. The highest BCUT2D eigenvalue weighted by atomic mass is 79.9. The highest BCUT2D eigenvalue weighted by Gasteiger charge is 2.64. The van der Waals surface area contributed by atoms with Crippen molar-refractivity contribution >= 4 is 27.9 Å². The lowest BCUT2D eigenvalue weighted by atomic mass is 9.70. The Kier molecular flexibility index (Phi) is 7.90. The smallest absolute Gasteiger partial charge is 0.337 e. The second-order valence-electron chi connectivity index (χ2n) is 12.4. The number of aliphatic hydroxyl groups excluding tert-OH is 3. The fraction of sp³-hybridized carbons (Fsp3) is 0.923. The van der Waals surface area contributed by atoms with Crippen LogP contribution >= 0.6 is 15.9 Å². The summed E-state index contributed by atoms with van der Waals surface area (Å²) in [7, 11) is 0. The lowest BCUT2D eigenvalue weighted by Crippen LogP contribution is -2.40. The number of halogens is 1. The van der Waals surface area contributed by atoms with E-state index >= 15 is 0 Å². The Morgan fingerprint density at radius 2 is 1.24 bits per heavy atom. The lowest BCUT2D eigenvalue weighted by Gasteiger charge is -2.38. The van der Waals surface area contributed by atoms with Gasteiger partial charge in [-0.2, -0.15) is 0 Å². The topological polar surface area (TPSA) is 113 Å². The van der Waals surface area contributed by atoms with Gasteiger partial charge >= 0.3 is 11.9 Å². The Morgan fingerprint density at radius 1 is 0.824 bits per heavy atom. The van der Waals surface area contributed by atoms with Crippen LogP contribution in [0.5, 0.6) is 0 Å². The van der Waals surface area contributed by atoms with Crippen LogP contribution in [0.3, 0.4) is 0 Å². The van der Waals surface area contributed by atoms with Gasteiger partial charge in [0.05, 0.1) is 13.2 Å². The minimum Gasteiger partial charge on any atom is -0.461 e. The quantitative estimate of drug-likeness (QED) is 0.344. The first-order chi connectivity index (χ1) is 15.7. The Labute approximate surface area is 212 Å². The van der Waals surface area contributed by atoms with E-state index in [1.165, 1.54) is 12.8 Å². The summed E-state index contributed by atoms with van der Waals surface area (Å²) < 4.78 is 11.0. The minimum absolute atomic E-state index is 0.00248. The molecule has 0 saturated heterocycles. The highest BCUT2D eigenvalue weighted by Crippen LogP contribution is 2.67. The van der Waals surface area contributed by atoms with Gasteiger partial charge in [0, 0.05) is 10.8 Å². The van der Waals surface area contributed by atoms with Gasteiger partial charge in [0.2, 0.25) is 0 Å². The molecule has 4 rings (SSSR count). The van der Waals surface area contributed by atoms with Crippen LogP contribution in [0.2, 0.25) is 0 Å². The van der Waals surface area contributed by atoms with Crippen molar-refractivity contribution in [3.8, 4) is 0 Å². The van der Waals surface area contributed by atoms with E-state index in [-0.39, 0.29) is 46.4 Å². The maximum absolute atomic E-state index is 11.7. The normalized spacial score (nSPS) is 40.3. The number of carbonyl (C=O) groups is 2. The van der Waals surface area contributed by atoms with Crippen LogP contribution in [-0.4, -0.2) is 63.6 Å². The second-order valence-corrected chi connectivity index (χ2v) is 13.5. The van der Waals surface area contributed by atoms with Crippen molar-refractivity contribution < 1.29 is 34.4 Å². The zero-order chi connectivity index (χ0) is 25.7. The average Bonchev–Trinajstić information content (AvgIpc) is 3.30. The SMILES string of the molecule is CC1(C)[C@H]2CC[C@@]1(C)[C@H](OC(=O)C(Br)CO)C2.CC1(C)[C@H]2CC[C@@]1(C)[C@H](OC(=O)C(O)CO)C2. The van der Waals surface area contributed by atoms with E-state index in [0.717, 1.165) is 25.7 Å². The fourth-order valence-electron chi connectivity index (χ4n) is 7.20. The van der Waals surface area contributed by atoms with Crippen LogP contribution < -0.4 is 0 Å². The average molecular weight is 548 g/mol. The standard InChI is InChI=1S/C13H21BrO3.C13H22O4/c1-12(2)8-4-5-13(12,3)10(6-8)17-11(16)9(14)7-15;1-12(2)8-4-5-13(12,3)10(6-8)17-11(16)9(15)7-14/h8-10,15H,4-7H2,1-3H3;8-10,14-15H,4-7H2,1-3H3/t2*8-,9?,10+,13-/m00/s1. The van der Waals surface area contributed by atoms with Crippen LogP contribution in [0, 0.1) is 33.5 Å². The van der Waals surface area contributed by atoms with Gasteiger partial charge in [-0.1, -0.05) is 57.5 Å². The van der Waals surface area contributed by atoms with Crippen molar-refractivity contribution in [1.29, 1.82) is 0 Å². The molecule has 4 saturated carbocycles. The first-order valence-electron chi connectivity index (χ1n) is 12.6. The van der Waals surface area contributed by atoms with Gasteiger partial charge < -0.3 is 24.8 Å². The molecule has 3 N–H and O–H groups in total. The molecule has 0 aromatic heterocycles. The maximum Gasteiger partial charge on any atom is 0.337 e. The molecule has 0 amide bonds. The van der Waals surface area contributed by atoms with Gasteiger partial charge in [-0.3, -0.25) is 4.79 Å². The molecule has 0 aromatic carbocycles. The molecule has 196 valence electrons. The number of aliphatic hydroxyl groups is 3. The summed E-state index contributed by atoms with van der Waals surface area (Å²) in [5.41, 5.74) is 0.527. The number of alkyl halides is 1. The van der Waals surface area contributed by atoms with Gasteiger partial charge in [0.25, 0.3) is 0 Å². The molecule has 0 aromatic rings. The first-order valence-corrected chi connectivity index (χ1v) is 13.5. The third kappa shape index (κ3) is 4.35. The van der Waals surface area contributed by atoms with Gasteiger partial charge in [0.1, 0.15) is 17.0 Å². The number of hydrogen-bond acceptors (Lipinski definition) is 7. The van der Waals surface area contributed by atoms with Crippen molar-refractivity contribution in [3.05, 3.63) is 0 Å². The van der Waals surface area contributed by atoms with Crippen LogP contribution in [0.1, 0.15) is 80.1 Å². The van der Waals surface area contributed by atoms with Gasteiger partial charge in [-0.05, 0) is 61.2 Å². The summed E-state index contributed by atoms with van der Waals surface area (Å²) in [6, 6.07) is 0. The van der Waals surface area contributed by atoms with E-state index in [0.29, 0.717) is 11.8 Å². The predicted molar refractivity (Wildman–Crippen MR) is 131 cm³/mol. The summed E-state index contributed by atoms with van der Waals surface area (Å²) in [4.78, 5) is 22.7. The Morgan fingerprint density at radius 3 is 1.53 bits per heavy atom. The molecule has 34 heavy (non-hydrogen) atoms. The molecule has 2 unspecified atom stereocenters. The third-order valence-electron chi connectivity index (χ3n) is 10.8. The van der Waals surface area contributed by atoms with Crippen LogP contribution in [0.25, 0.3) is 0 Å². The zero-order valence-electron chi connectivity index (χ0n) is 21.5. The van der Waals surface area contributed by atoms with Crippen molar-refractivity contribution in [3.63, 3.8) is 0 Å². The van der Waals surface area contributed by atoms with Crippen molar-refractivity contribution in [2.75, 3.05) is 13.2 Å². The molecular formula is C26H43BrO7. The number of rotatable bonds is 6. The third-order valence-corrected chi connectivity index (χ3v) is 11.5. The summed E-state index contributed by atoms with van der Waals surface area (Å²) in [5.74, 6) is 0.230. The molecule has 4 aliphatic rings. The van der Waals surface area contributed by atoms with E-state index in [9.17, 15) is 14.7 Å². The molecule has 4 fully saturated rings. The van der Waals surface area contributed by atoms with Gasteiger partial charge in [-0.25, -0.2) is 4.79 Å². The Balaban J connectivity index is 0.000000191. The van der Waals surface area contributed by atoms with E-state index < -0.39 is 23.5 Å². The van der Waals surface area contributed by atoms with Crippen molar-refractivity contribution in [1.82, 2.24) is 0 Å². The monoisotopic (exact) mass is 546 g/mol. The Hall–Kier alpha value is -0.700. The first kappa shape index (κ1) is 27.9.